The number of nitrogens with zero attached hydrogens (tertiary/aromatic N) is 1. The summed E-state index contributed by atoms with van der Waals surface area (Å²) in [4.78, 5) is 38.2. The minimum absolute atomic E-state index is 0.0427. The number of hydrogen-bond acceptors (Lipinski definition) is 3. The molecule has 1 aliphatic heterocycles. The molecule has 0 spiro atoms. The molecule has 1 heterocycles. The summed E-state index contributed by atoms with van der Waals surface area (Å²) in [5.41, 5.74) is -0.637. The first-order valence-electron chi connectivity index (χ1n) is 8.68. The van der Waals surface area contributed by atoms with Crippen LogP contribution in [0, 0.1) is 17.2 Å². The van der Waals surface area contributed by atoms with Crippen LogP contribution in [-0.4, -0.2) is 40.9 Å². The Morgan fingerprint density at radius 1 is 1.27 bits per heavy atom. The Kier molecular flexibility index (Phi) is 6.00. The van der Waals surface area contributed by atoms with Crippen LogP contribution < -0.4 is 5.32 Å². The van der Waals surface area contributed by atoms with Crippen LogP contribution in [0.3, 0.4) is 0 Å². The summed E-state index contributed by atoms with van der Waals surface area (Å²) in [6.45, 7) is 6.27. The maximum atomic E-state index is 13.9. The van der Waals surface area contributed by atoms with Crippen molar-refractivity contribution < 1.29 is 23.9 Å². The van der Waals surface area contributed by atoms with Crippen LogP contribution in [0.2, 0.25) is 0 Å². The van der Waals surface area contributed by atoms with Gasteiger partial charge in [0.2, 0.25) is 11.8 Å². The zero-order valence-electron chi connectivity index (χ0n) is 15.3. The number of likely N-dealkylation sites (tertiary alicyclic amines) is 1. The first kappa shape index (κ1) is 19.9. The van der Waals surface area contributed by atoms with E-state index < -0.39 is 35.1 Å². The average molecular weight is 364 g/mol. The highest BCUT2D eigenvalue weighted by Gasteiger charge is 2.35. The summed E-state index contributed by atoms with van der Waals surface area (Å²) in [7, 11) is 0. The summed E-state index contributed by atoms with van der Waals surface area (Å²) < 4.78 is 13.9. The van der Waals surface area contributed by atoms with E-state index in [1.165, 1.54) is 18.2 Å². The van der Waals surface area contributed by atoms with Crippen LogP contribution in [0.15, 0.2) is 24.3 Å². The van der Waals surface area contributed by atoms with Gasteiger partial charge in [0.05, 0.1) is 5.92 Å². The van der Waals surface area contributed by atoms with Gasteiger partial charge in [0.15, 0.2) is 6.04 Å². The quantitative estimate of drug-likeness (QED) is 0.859. The van der Waals surface area contributed by atoms with Crippen LogP contribution in [-0.2, 0) is 14.4 Å². The average Bonchev–Trinajstić information content (AvgIpc) is 2.58. The maximum Gasteiger partial charge on any atom is 0.331 e. The molecule has 0 saturated carbocycles. The van der Waals surface area contributed by atoms with Crippen molar-refractivity contribution in [2.24, 2.45) is 11.3 Å². The number of carbonyl (C=O) groups excluding carboxylic acids is 2. The fourth-order valence-corrected chi connectivity index (χ4v) is 3.09. The van der Waals surface area contributed by atoms with E-state index in [4.69, 9.17) is 0 Å². The number of benzene rings is 1. The highest BCUT2D eigenvalue weighted by Crippen LogP contribution is 2.25. The Balaban J connectivity index is 2.11. The third-order valence-corrected chi connectivity index (χ3v) is 4.47. The number of piperidine rings is 1. The lowest BCUT2D eigenvalue weighted by molar-refractivity contribution is -0.146. The molecule has 0 aromatic heterocycles. The molecular formula is C19H25FN2O4. The van der Waals surface area contributed by atoms with Crippen LogP contribution in [0.5, 0.6) is 0 Å². The molecule has 1 fully saturated rings. The fourth-order valence-electron chi connectivity index (χ4n) is 3.09. The number of hydrogen-bond donors (Lipinski definition) is 2. The van der Waals surface area contributed by atoms with Gasteiger partial charge in [-0.15, -0.1) is 0 Å². The number of amides is 2. The van der Waals surface area contributed by atoms with Crippen molar-refractivity contribution in [1.82, 2.24) is 10.2 Å². The summed E-state index contributed by atoms with van der Waals surface area (Å²) in [5.74, 6) is -3.05. The Bertz CT molecular complexity index is 699. The van der Waals surface area contributed by atoms with Crippen molar-refractivity contribution in [3.8, 4) is 0 Å². The van der Waals surface area contributed by atoms with E-state index in [9.17, 15) is 23.9 Å². The zero-order valence-corrected chi connectivity index (χ0v) is 15.3. The van der Waals surface area contributed by atoms with Crippen molar-refractivity contribution >= 4 is 17.8 Å². The molecular weight excluding hydrogens is 339 g/mol. The first-order chi connectivity index (χ1) is 12.1. The number of nitrogens with one attached hydrogen (secondary N) is 1. The molecule has 0 bridgehead atoms. The molecule has 2 rings (SSSR count). The number of carboxylic acids is 1. The van der Waals surface area contributed by atoms with E-state index in [0.29, 0.717) is 19.4 Å². The smallest absolute Gasteiger partial charge is 0.331 e. The number of carbonyl (C=O) groups is 3. The van der Waals surface area contributed by atoms with Gasteiger partial charge in [0, 0.05) is 24.1 Å². The van der Waals surface area contributed by atoms with Crippen LogP contribution in [0.4, 0.5) is 4.39 Å². The molecule has 0 aliphatic carbocycles. The number of halogens is 1. The summed E-state index contributed by atoms with van der Waals surface area (Å²) in [6, 6.07) is 4.01. The maximum absolute atomic E-state index is 13.9. The second kappa shape index (κ2) is 7.85. The lowest BCUT2D eigenvalue weighted by atomic mass is 9.90. The lowest BCUT2D eigenvalue weighted by Crippen LogP contribution is -2.49. The molecule has 2 amide bonds. The van der Waals surface area contributed by atoms with Gasteiger partial charge >= 0.3 is 5.97 Å². The Morgan fingerprint density at radius 3 is 2.50 bits per heavy atom. The predicted molar refractivity (Wildman–Crippen MR) is 93.7 cm³/mol. The molecule has 6 nitrogen and oxygen atoms in total. The Morgan fingerprint density at radius 2 is 1.92 bits per heavy atom. The molecule has 2 unspecified atom stereocenters. The van der Waals surface area contributed by atoms with E-state index in [1.807, 2.05) is 20.8 Å². The van der Waals surface area contributed by atoms with Crippen LogP contribution in [0.25, 0.3) is 0 Å². The van der Waals surface area contributed by atoms with Crippen molar-refractivity contribution in [3.63, 3.8) is 0 Å². The van der Waals surface area contributed by atoms with E-state index >= 15 is 0 Å². The zero-order chi connectivity index (χ0) is 19.5. The van der Waals surface area contributed by atoms with Gasteiger partial charge in [0.25, 0.3) is 0 Å². The van der Waals surface area contributed by atoms with E-state index in [-0.39, 0.29) is 18.0 Å². The summed E-state index contributed by atoms with van der Waals surface area (Å²) in [5, 5.41) is 11.8. The largest absolute Gasteiger partial charge is 0.479 e. The third-order valence-electron chi connectivity index (χ3n) is 4.47. The first-order valence-corrected chi connectivity index (χ1v) is 8.68. The van der Waals surface area contributed by atoms with Crippen LogP contribution in [0.1, 0.15) is 45.2 Å². The van der Waals surface area contributed by atoms with Gasteiger partial charge in [-0.25, -0.2) is 9.18 Å². The van der Waals surface area contributed by atoms with E-state index in [2.05, 4.69) is 5.32 Å². The molecule has 1 saturated heterocycles. The summed E-state index contributed by atoms with van der Waals surface area (Å²) >= 11 is 0. The number of carboxylic acid groups (broad SMARTS) is 1. The molecule has 1 aromatic rings. The van der Waals surface area contributed by atoms with E-state index in [1.54, 1.807) is 4.90 Å². The minimum Gasteiger partial charge on any atom is -0.479 e. The molecule has 2 N–H and O–H groups in total. The molecule has 1 aromatic carbocycles. The SMILES string of the molecule is CC(C)(C)C(=O)N1CCCC(C(=O)NC(C(=O)O)c2ccccc2F)C1. The van der Waals surface area contributed by atoms with Gasteiger partial charge in [-0.2, -0.15) is 0 Å². The second-order valence-electron chi connectivity index (χ2n) is 7.64. The molecule has 26 heavy (non-hydrogen) atoms. The Labute approximate surface area is 152 Å². The molecule has 2 atom stereocenters. The fraction of sp³-hybridized carbons (Fsp3) is 0.526. The van der Waals surface area contributed by atoms with Gasteiger partial charge in [0.1, 0.15) is 5.82 Å². The van der Waals surface area contributed by atoms with Crippen molar-refractivity contribution in [1.29, 1.82) is 0 Å². The molecule has 0 radical (unpaired) electrons. The Hall–Kier alpha value is -2.44. The molecule has 7 heteroatoms. The molecule has 142 valence electrons. The third kappa shape index (κ3) is 4.59. The molecule has 1 aliphatic rings. The van der Waals surface area contributed by atoms with Crippen LogP contribution >= 0.6 is 0 Å². The highest BCUT2D eigenvalue weighted by molar-refractivity contribution is 5.87. The van der Waals surface area contributed by atoms with Gasteiger partial charge in [-0.1, -0.05) is 39.0 Å². The summed E-state index contributed by atoms with van der Waals surface area (Å²) in [6.07, 6.45) is 1.22. The highest BCUT2D eigenvalue weighted by atomic mass is 19.1. The van der Waals surface area contributed by atoms with E-state index in [0.717, 1.165) is 6.07 Å². The van der Waals surface area contributed by atoms with Gasteiger partial charge in [-0.05, 0) is 18.9 Å². The van der Waals surface area contributed by atoms with Gasteiger partial charge in [-0.3, -0.25) is 9.59 Å². The van der Waals surface area contributed by atoms with Crippen molar-refractivity contribution in [2.75, 3.05) is 13.1 Å². The normalized spacial score (nSPS) is 18.9. The standard InChI is InChI=1S/C19H25FN2O4/c1-19(2,3)18(26)22-10-6-7-12(11-22)16(23)21-15(17(24)25)13-8-4-5-9-14(13)20/h4-5,8-9,12,15H,6-7,10-11H2,1-3H3,(H,21,23)(H,24,25). The van der Waals surface area contributed by atoms with Crippen molar-refractivity contribution in [3.05, 3.63) is 35.6 Å². The van der Waals surface area contributed by atoms with Crippen molar-refractivity contribution in [2.45, 2.75) is 39.7 Å². The topological polar surface area (TPSA) is 86.7 Å². The van der Waals surface area contributed by atoms with Gasteiger partial charge < -0.3 is 15.3 Å². The lowest BCUT2D eigenvalue weighted by Gasteiger charge is -2.36. The number of aliphatic carboxylic acids is 1. The predicted octanol–water partition coefficient (Wildman–Crippen LogP) is 2.35. The number of rotatable bonds is 4. The monoisotopic (exact) mass is 364 g/mol. The minimum atomic E-state index is -1.46. The second-order valence-corrected chi connectivity index (χ2v) is 7.64.